The van der Waals surface area contributed by atoms with E-state index in [0.29, 0.717) is 0 Å². The molecule has 0 heterocycles. The van der Waals surface area contributed by atoms with Gasteiger partial charge >= 0.3 is 0 Å². The van der Waals surface area contributed by atoms with Crippen LogP contribution in [0, 0.1) is 0 Å². The summed E-state index contributed by atoms with van der Waals surface area (Å²) >= 11 is 0. The Hall–Kier alpha value is -3.84. The molecule has 1 heteroatoms. The van der Waals surface area contributed by atoms with E-state index in [1.165, 1.54) is 55.5 Å². The molecule has 160 valence electrons. The van der Waals surface area contributed by atoms with Gasteiger partial charge in [-0.25, -0.2) is 0 Å². The van der Waals surface area contributed by atoms with Gasteiger partial charge in [-0.3, -0.25) is 0 Å². The van der Waals surface area contributed by atoms with Gasteiger partial charge in [0.05, 0.1) is 0 Å². The van der Waals surface area contributed by atoms with Crippen LogP contribution in [0.5, 0.6) is 0 Å². The molecule has 0 atom stereocenters. The molecule has 1 aliphatic carbocycles. The van der Waals surface area contributed by atoms with Crippen LogP contribution < -0.4 is 4.90 Å². The van der Waals surface area contributed by atoms with Crippen LogP contribution in [0.15, 0.2) is 109 Å². The second kappa shape index (κ2) is 7.35. The molecule has 0 radical (unpaired) electrons. The van der Waals surface area contributed by atoms with Crippen LogP contribution in [-0.2, 0) is 5.41 Å². The molecule has 0 saturated heterocycles. The first-order valence-electron chi connectivity index (χ1n) is 11.6. The summed E-state index contributed by atoms with van der Waals surface area (Å²) in [6.07, 6.45) is 0. The molecular formula is C32H27N. The topological polar surface area (TPSA) is 3.24 Å². The van der Waals surface area contributed by atoms with E-state index in [4.69, 9.17) is 0 Å². The largest absolute Gasteiger partial charge is 0.344 e. The number of anilines is 2. The van der Waals surface area contributed by atoms with E-state index in [1.807, 2.05) is 0 Å². The predicted molar refractivity (Wildman–Crippen MR) is 141 cm³/mol. The van der Waals surface area contributed by atoms with Crippen LogP contribution in [-0.4, -0.2) is 7.05 Å². The molecule has 0 aliphatic heterocycles. The van der Waals surface area contributed by atoms with Gasteiger partial charge in [0.25, 0.3) is 0 Å². The number of para-hydroxylation sites is 1. The van der Waals surface area contributed by atoms with E-state index in [0.717, 1.165) is 0 Å². The Morgan fingerprint density at radius 2 is 1.15 bits per heavy atom. The number of benzene rings is 5. The van der Waals surface area contributed by atoms with Crippen molar-refractivity contribution in [2.24, 2.45) is 0 Å². The minimum atomic E-state index is -0.0372. The number of hydrogen-bond acceptors (Lipinski definition) is 1. The molecule has 0 spiro atoms. The third-order valence-electron chi connectivity index (χ3n) is 7.28. The molecule has 0 saturated carbocycles. The van der Waals surface area contributed by atoms with Crippen molar-refractivity contribution in [1.82, 2.24) is 0 Å². The highest BCUT2D eigenvalue weighted by Gasteiger charge is 2.37. The summed E-state index contributed by atoms with van der Waals surface area (Å²) in [6, 6.07) is 39.6. The van der Waals surface area contributed by atoms with Crippen molar-refractivity contribution in [3.8, 4) is 22.3 Å². The lowest BCUT2D eigenvalue weighted by molar-refractivity contribution is 0.661. The van der Waals surface area contributed by atoms with Crippen LogP contribution in [0.3, 0.4) is 0 Å². The SMILES string of the molecule is CN(c1ccccc1-c1ccccc1)c1cc2c(c3ccccc13)-c1ccccc1C2(C)C. The number of hydrogen-bond donors (Lipinski definition) is 0. The molecule has 6 rings (SSSR count). The highest BCUT2D eigenvalue weighted by molar-refractivity contribution is 6.09. The van der Waals surface area contributed by atoms with Crippen LogP contribution in [0.1, 0.15) is 25.0 Å². The molecule has 0 unspecified atom stereocenters. The summed E-state index contributed by atoms with van der Waals surface area (Å²) in [4.78, 5) is 2.37. The average Bonchev–Trinajstić information content (AvgIpc) is 3.10. The molecule has 1 nitrogen and oxygen atoms in total. The normalized spacial score (nSPS) is 13.5. The van der Waals surface area contributed by atoms with Crippen molar-refractivity contribution < 1.29 is 0 Å². The molecule has 5 aromatic carbocycles. The fraction of sp³-hybridized carbons (Fsp3) is 0.125. The minimum Gasteiger partial charge on any atom is -0.344 e. The molecular weight excluding hydrogens is 398 g/mol. The Morgan fingerprint density at radius 3 is 1.94 bits per heavy atom. The first-order chi connectivity index (χ1) is 16.1. The van der Waals surface area contributed by atoms with Gasteiger partial charge in [0.15, 0.2) is 0 Å². The lowest BCUT2D eigenvalue weighted by Gasteiger charge is -2.28. The van der Waals surface area contributed by atoms with Crippen molar-refractivity contribution in [1.29, 1.82) is 0 Å². The zero-order valence-electron chi connectivity index (χ0n) is 19.3. The molecule has 0 bridgehead atoms. The third kappa shape index (κ3) is 2.93. The van der Waals surface area contributed by atoms with Crippen molar-refractivity contribution in [3.05, 3.63) is 120 Å². The van der Waals surface area contributed by atoms with Gasteiger partial charge in [0, 0.05) is 34.8 Å². The fourth-order valence-electron chi connectivity index (χ4n) is 5.57. The maximum Gasteiger partial charge on any atom is 0.0491 e. The first kappa shape index (κ1) is 19.8. The highest BCUT2D eigenvalue weighted by Crippen LogP contribution is 2.53. The molecule has 0 aromatic heterocycles. The van der Waals surface area contributed by atoms with Gasteiger partial charge < -0.3 is 4.90 Å². The first-order valence-corrected chi connectivity index (χ1v) is 11.6. The van der Waals surface area contributed by atoms with Gasteiger partial charge in [-0.05, 0) is 45.3 Å². The molecule has 33 heavy (non-hydrogen) atoms. The number of rotatable bonds is 3. The summed E-state index contributed by atoms with van der Waals surface area (Å²) in [5, 5.41) is 2.61. The lowest BCUT2D eigenvalue weighted by atomic mass is 9.81. The smallest absolute Gasteiger partial charge is 0.0491 e. The van der Waals surface area contributed by atoms with E-state index in [2.05, 4.69) is 135 Å². The summed E-state index contributed by atoms with van der Waals surface area (Å²) in [6.45, 7) is 4.71. The van der Waals surface area contributed by atoms with Crippen molar-refractivity contribution >= 4 is 22.1 Å². The summed E-state index contributed by atoms with van der Waals surface area (Å²) in [5.41, 5.74) is 10.5. The van der Waals surface area contributed by atoms with Crippen LogP contribution in [0.25, 0.3) is 33.0 Å². The Labute approximate surface area is 195 Å². The van der Waals surface area contributed by atoms with Crippen molar-refractivity contribution in [3.63, 3.8) is 0 Å². The van der Waals surface area contributed by atoms with E-state index in [-0.39, 0.29) is 5.41 Å². The zero-order valence-corrected chi connectivity index (χ0v) is 19.3. The highest BCUT2D eigenvalue weighted by atomic mass is 15.1. The summed E-state index contributed by atoms with van der Waals surface area (Å²) in [5.74, 6) is 0. The maximum atomic E-state index is 2.43. The van der Waals surface area contributed by atoms with Gasteiger partial charge in [-0.1, -0.05) is 111 Å². The molecule has 1 aliphatic rings. The molecule has 0 N–H and O–H groups in total. The van der Waals surface area contributed by atoms with E-state index >= 15 is 0 Å². The van der Waals surface area contributed by atoms with E-state index in [9.17, 15) is 0 Å². The average molecular weight is 426 g/mol. The standard InChI is InChI=1S/C32H27N/c1-32(2)27-19-11-9-18-26(27)31-25-17-8-7-16-24(25)30(21-28(31)32)33(3)29-20-12-10-15-23(29)22-13-5-4-6-14-22/h4-21H,1-3H3. The van der Waals surface area contributed by atoms with E-state index < -0.39 is 0 Å². The number of nitrogens with zero attached hydrogens (tertiary/aromatic N) is 1. The second-order valence-corrected chi connectivity index (χ2v) is 9.48. The van der Waals surface area contributed by atoms with Gasteiger partial charge in [0.1, 0.15) is 0 Å². The monoisotopic (exact) mass is 425 g/mol. The minimum absolute atomic E-state index is 0.0372. The van der Waals surface area contributed by atoms with Gasteiger partial charge in [0.2, 0.25) is 0 Å². The number of fused-ring (bicyclic) bond motifs is 5. The predicted octanol–water partition coefficient (Wildman–Crippen LogP) is 8.58. The Balaban J connectivity index is 1.62. The maximum absolute atomic E-state index is 2.43. The summed E-state index contributed by atoms with van der Waals surface area (Å²) in [7, 11) is 2.20. The third-order valence-corrected chi connectivity index (χ3v) is 7.28. The Bertz CT molecular complexity index is 1490. The molecule has 0 fully saturated rings. The molecule has 5 aromatic rings. The lowest BCUT2D eigenvalue weighted by Crippen LogP contribution is -2.17. The molecule has 0 amide bonds. The van der Waals surface area contributed by atoms with Gasteiger partial charge in [-0.2, -0.15) is 0 Å². The second-order valence-electron chi connectivity index (χ2n) is 9.48. The van der Waals surface area contributed by atoms with Crippen LogP contribution >= 0.6 is 0 Å². The quantitative estimate of drug-likeness (QED) is 0.280. The van der Waals surface area contributed by atoms with Crippen LogP contribution in [0.2, 0.25) is 0 Å². The van der Waals surface area contributed by atoms with Crippen LogP contribution in [0.4, 0.5) is 11.4 Å². The van der Waals surface area contributed by atoms with Gasteiger partial charge in [-0.15, -0.1) is 0 Å². The fourth-order valence-corrected chi connectivity index (χ4v) is 5.57. The van der Waals surface area contributed by atoms with Crippen molar-refractivity contribution in [2.75, 3.05) is 11.9 Å². The Kier molecular flexibility index (Phi) is 4.41. The van der Waals surface area contributed by atoms with Crippen molar-refractivity contribution in [2.45, 2.75) is 19.3 Å². The Morgan fingerprint density at radius 1 is 0.545 bits per heavy atom. The zero-order chi connectivity index (χ0) is 22.6. The van der Waals surface area contributed by atoms with E-state index in [1.54, 1.807) is 0 Å². The summed E-state index contributed by atoms with van der Waals surface area (Å²) < 4.78 is 0.